The van der Waals surface area contributed by atoms with Gasteiger partial charge in [-0.3, -0.25) is 4.79 Å². The van der Waals surface area contributed by atoms with Crippen LogP contribution in [0.3, 0.4) is 0 Å². The van der Waals surface area contributed by atoms with Crippen LogP contribution in [0.25, 0.3) is 44.7 Å². The Bertz CT molecular complexity index is 1740. The zero-order valence-corrected chi connectivity index (χ0v) is 19.6. The van der Waals surface area contributed by atoms with E-state index in [0.29, 0.717) is 38.5 Å². The number of rotatable bonds is 4. The lowest BCUT2D eigenvalue weighted by atomic mass is 10.1. The van der Waals surface area contributed by atoms with Gasteiger partial charge in [0.2, 0.25) is 5.89 Å². The highest BCUT2D eigenvalue weighted by Gasteiger charge is 2.16. The molecule has 0 saturated carbocycles. The molecule has 0 aliphatic rings. The van der Waals surface area contributed by atoms with Crippen molar-refractivity contribution < 1.29 is 13.6 Å². The monoisotopic (exact) mass is 498 g/mol. The molecule has 6 aromatic rings. The predicted molar refractivity (Wildman–Crippen MR) is 139 cm³/mol. The van der Waals surface area contributed by atoms with Crippen LogP contribution < -0.4 is 5.32 Å². The zero-order chi connectivity index (χ0) is 23.9. The molecule has 7 heteroatoms. The summed E-state index contributed by atoms with van der Waals surface area (Å²) in [7, 11) is 0. The Morgan fingerprint density at radius 1 is 0.829 bits per heavy atom. The molecule has 0 bridgehead atoms. The Morgan fingerprint density at radius 2 is 1.71 bits per heavy atom. The number of carbonyl (C=O) groups is 1. The second-order valence-electron chi connectivity index (χ2n) is 7.98. The summed E-state index contributed by atoms with van der Waals surface area (Å²) in [6.07, 6.45) is 0. The summed E-state index contributed by atoms with van der Waals surface area (Å²) in [4.78, 5) is 17.6. The Labute approximate surface area is 209 Å². The van der Waals surface area contributed by atoms with Crippen LogP contribution in [0.2, 0.25) is 10.0 Å². The maximum atomic E-state index is 12.8. The van der Waals surface area contributed by atoms with Crippen molar-refractivity contribution in [1.29, 1.82) is 0 Å². The molecule has 4 aromatic carbocycles. The van der Waals surface area contributed by atoms with Crippen LogP contribution in [-0.2, 0) is 0 Å². The van der Waals surface area contributed by atoms with Gasteiger partial charge in [0.25, 0.3) is 5.91 Å². The fourth-order valence-electron chi connectivity index (χ4n) is 4.00. The van der Waals surface area contributed by atoms with Crippen molar-refractivity contribution in [1.82, 2.24) is 4.98 Å². The first-order valence-corrected chi connectivity index (χ1v) is 11.6. The minimum absolute atomic E-state index is 0.157. The molecular weight excluding hydrogens is 483 g/mol. The normalized spacial score (nSPS) is 11.3. The number of carbonyl (C=O) groups excluding carboxylic acids is 1. The van der Waals surface area contributed by atoms with Crippen LogP contribution in [0.5, 0.6) is 0 Å². The van der Waals surface area contributed by atoms with Gasteiger partial charge in [-0.05, 0) is 60.0 Å². The molecule has 0 saturated heterocycles. The third kappa shape index (κ3) is 4.05. The standard InChI is InChI=1S/C28H16Cl2N2O3/c29-18-9-10-21(22(30)15-18)23-12-13-25(34-23)27(33)31-19-6-3-5-17(14-19)28-32-26-20-7-2-1-4-16(20)8-11-24(26)35-28/h1-15H,(H,31,33). The molecule has 0 aliphatic heterocycles. The fourth-order valence-corrected chi connectivity index (χ4v) is 4.50. The van der Waals surface area contributed by atoms with Crippen molar-refractivity contribution in [3.63, 3.8) is 0 Å². The van der Waals surface area contributed by atoms with Crippen LogP contribution in [0.1, 0.15) is 10.6 Å². The molecule has 1 amide bonds. The van der Waals surface area contributed by atoms with Crippen molar-refractivity contribution in [3.05, 3.63) is 107 Å². The number of oxazole rings is 1. The molecule has 2 heterocycles. The van der Waals surface area contributed by atoms with Crippen molar-refractivity contribution in [2.24, 2.45) is 0 Å². The average Bonchev–Trinajstić information content (AvgIpc) is 3.52. The number of aromatic nitrogens is 1. The first kappa shape index (κ1) is 21.5. The van der Waals surface area contributed by atoms with Crippen LogP contribution >= 0.6 is 23.2 Å². The Kier molecular flexibility index (Phi) is 5.29. The summed E-state index contributed by atoms with van der Waals surface area (Å²) in [6, 6.07) is 27.7. The van der Waals surface area contributed by atoms with E-state index in [-0.39, 0.29) is 11.7 Å². The Morgan fingerprint density at radius 3 is 2.60 bits per heavy atom. The molecule has 0 fully saturated rings. The lowest BCUT2D eigenvalue weighted by Gasteiger charge is -2.05. The SMILES string of the molecule is O=C(Nc1cccc(-c2nc3c(ccc4ccccc43)o2)c1)c1ccc(-c2ccc(Cl)cc2Cl)o1. The maximum absolute atomic E-state index is 12.8. The molecular formula is C28H16Cl2N2O3. The van der Waals surface area contributed by atoms with Gasteiger partial charge in [0.15, 0.2) is 11.3 Å². The molecule has 0 spiro atoms. The van der Waals surface area contributed by atoms with E-state index in [1.165, 1.54) is 0 Å². The van der Waals surface area contributed by atoms with Gasteiger partial charge in [0.1, 0.15) is 11.3 Å². The van der Waals surface area contributed by atoms with E-state index in [4.69, 9.17) is 37.0 Å². The highest BCUT2D eigenvalue weighted by Crippen LogP contribution is 2.33. The molecule has 5 nitrogen and oxygen atoms in total. The van der Waals surface area contributed by atoms with Crippen LogP contribution in [-0.4, -0.2) is 10.9 Å². The average molecular weight is 499 g/mol. The Hall–Kier alpha value is -4.06. The number of halogens is 2. The number of hydrogen-bond acceptors (Lipinski definition) is 4. The smallest absolute Gasteiger partial charge is 0.291 e. The molecule has 0 unspecified atom stereocenters. The number of furan rings is 1. The van der Waals surface area contributed by atoms with Crippen molar-refractivity contribution >= 4 is 56.7 Å². The lowest BCUT2D eigenvalue weighted by molar-refractivity contribution is 0.0997. The summed E-state index contributed by atoms with van der Waals surface area (Å²) in [5.74, 6) is 0.723. The molecule has 0 radical (unpaired) electrons. The predicted octanol–water partition coefficient (Wildman–Crippen LogP) is 8.47. The quantitative estimate of drug-likeness (QED) is 0.264. The summed E-state index contributed by atoms with van der Waals surface area (Å²) in [6.45, 7) is 0. The number of hydrogen-bond donors (Lipinski definition) is 1. The van der Waals surface area contributed by atoms with E-state index in [1.54, 1.807) is 36.4 Å². The number of fused-ring (bicyclic) bond motifs is 3. The van der Waals surface area contributed by atoms with E-state index >= 15 is 0 Å². The lowest BCUT2D eigenvalue weighted by Crippen LogP contribution is -2.10. The van der Waals surface area contributed by atoms with Gasteiger partial charge in [-0.15, -0.1) is 0 Å². The zero-order valence-electron chi connectivity index (χ0n) is 18.1. The third-order valence-electron chi connectivity index (χ3n) is 5.68. The van der Waals surface area contributed by atoms with Gasteiger partial charge in [-0.25, -0.2) is 4.98 Å². The van der Waals surface area contributed by atoms with Crippen molar-refractivity contribution in [2.75, 3.05) is 5.32 Å². The van der Waals surface area contributed by atoms with E-state index in [0.717, 1.165) is 21.9 Å². The molecule has 0 aliphatic carbocycles. The number of benzene rings is 4. The maximum Gasteiger partial charge on any atom is 0.291 e. The summed E-state index contributed by atoms with van der Waals surface area (Å²) in [5, 5.41) is 5.95. The highest BCUT2D eigenvalue weighted by atomic mass is 35.5. The van der Waals surface area contributed by atoms with Crippen molar-refractivity contribution in [3.8, 4) is 22.8 Å². The van der Waals surface area contributed by atoms with Gasteiger partial charge in [-0.2, -0.15) is 0 Å². The fraction of sp³-hybridized carbons (Fsp3) is 0. The first-order chi connectivity index (χ1) is 17.0. The van der Waals surface area contributed by atoms with Gasteiger partial charge in [-0.1, -0.05) is 59.6 Å². The number of amides is 1. The van der Waals surface area contributed by atoms with Gasteiger partial charge in [0, 0.05) is 27.2 Å². The summed E-state index contributed by atoms with van der Waals surface area (Å²) < 4.78 is 11.8. The van der Waals surface area contributed by atoms with Gasteiger partial charge < -0.3 is 14.2 Å². The third-order valence-corrected chi connectivity index (χ3v) is 6.23. The van der Waals surface area contributed by atoms with E-state index in [9.17, 15) is 4.79 Å². The molecule has 1 N–H and O–H groups in total. The second-order valence-corrected chi connectivity index (χ2v) is 8.82. The molecule has 0 atom stereocenters. The summed E-state index contributed by atoms with van der Waals surface area (Å²) in [5.41, 5.74) is 3.49. The molecule has 2 aromatic heterocycles. The second kappa shape index (κ2) is 8.62. The van der Waals surface area contributed by atoms with Gasteiger partial charge >= 0.3 is 0 Å². The molecule has 6 rings (SSSR count). The topological polar surface area (TPSA) is 68.3 Å². The number of nitrogens with one attached hydrogen (secondary N) is 1. The minimum atomic E-state index is -0.387. The largest absolute Gasteiger partial charge is 0.451 e. The minimum Gasteiger partial charge on any atom is -0.451 e. The van der Waals surface area contributed by atoms with Gasteiger partial charge in [0.05, 0.1) is 5.02 Å². The van der Waals surface area contributed by atoms with Crippen LogP contribution in [0.4, 0.5) is 5.69 Å². The van der Waals surface area contributed by atoms with Crippen molar-refractivity contribution in [2.45, 2.75) is 0 Å². The number of anilines is 1. The Balaban J connectivity index is 1.27. The number of nitrogens with zero attached hydrogens (tertiary/aromatic N) is 1. The molecule has 170 valence electrons. The highest BCUT2D eigenvalue weighted by molar-refractivity contribution is 6.36. The van der Waals surface area contributed by atoms with E-state index < -0.39 is 0 Å². The van der Waals surface area contributed by atoms with Crippen LogP contribution in [0.15, 0.2) is 99.8 Å². The summed E-state index contributed by atoms with van der Waals surface area (Å²) >= 11 is 12.2. The van der Waals surface area contributed by atoms with E-state index in [1.807, 2.05) is 54.6 Å². The van der Waals surface area contributed by atoms with Crippen LogP contribution in [0, 0.1) is 0 Å². The van der Waals surface area contributed by atoms with E-state index in [2.05, 4.69) is 5.32 Å². The molecule has 35 heavy (non-hydrogen) atoms. The first-order valence-electron chi connectivity index (χ1n) is 10.8.